The van der Waals surface area contributed by atoms with Gasteiger partial charge in [-0.15, -0.1) is 0 Å². The van der Waals surface area contributed by atoms with Crippen molar-refractivity contribution in [1.29, 1.82) is 0 Å². The van der Waals surface area contributed by atoms with Crippen LogP contribution in [-0.2, 0) is 0 Å². The molecule has 1 aromatic heterocycles. The van der Waals surface area contributed by atoms with Crippen molar-refractivity contribution in [3.63, 3.8) is 0 Å². The minimum absolute atomic E-state index is 0.538. The van der Waals surface area contributed by atoms with E-state index in [2.05, 4.69) is 34.0 Å². The largest absolute Gasteiger partial charge is 0.497 e. The minimum Gasteiger partial charge on any atom is -0.497 e. The minimum atomic E-state index is 0.538. The Kier molecular flexibility index (Phi) is 6.66. The molecule has 0 aliphatic heterocycles. The van der Waals surface area contributed by atoms with Gasteiger partial charge in [0.15, 0.2) is 0 Å². The van der Waals surface area contributed by atoms with E-state index in [-0.39, 0.29) is 0 Å². The normalized spacial score (nSPS) is 10.3. The lowest BCUT2D eigenvalue weighted by Crippen LogP contribution is -2.26. The molecule has 0 saturated heterocycles. The van der Waals surface area contributed by atoms with Gasteiger partial charge < -0.3 is 19.7 Å². The number of hydrogen-bond acceptors (Lipinski definition) is 6. The van der Waals surface area contributed by atoms with Crippen LogP contribution in [0.4, 0.5) is 17.5 Å². The molecule has 0 aliphatic carbocycles. The summed E-state index contributed by atoms with van der Waals surface area (Å²) in [7, 11) is 3.27. The molecule has 0 fully saturated rings. The molecule has 1 N–H and O–H groups in total. The Balaban J connectivity index is 2.26. The number of hydrogen-bond donors (Lipinski definition) is 1. The van der Waals surface area contributed by atoms with Gasteiger partial charge in [-0.05, 0) is 31.0 Å². The molecule has 0 radical (unpaired) electrons. The van der Waals surface area contributed by atoms with E-state index in [4.69, 9.17) is 9.47 Å². The third-order valence-electron chi connectivity index (χ3n) is 3.61. The Bertz CT molecular complexity index is 643. The van der Waals surface area contributed by atoms with Crippen molar-refractivity contribution in [3.05, 3.63) is 30.5 Å². The Morgan fingerprint density at radius 1 is 1.04 bits per heavy atom. The van der Waals surface area contributed by atoms with Gasteiger partial charge in [0.2, 0.25) is 5.95 Å². The highest BCUT2D eigenvalue weighted by molar-refractivity contribution is 5.65. The van der Waals surface area contributed by atoms with Crippen molar-refractivity contribution in [2.45, 2.75) is 26.7 Å². The summed E-state index contributed by atoms with van der Waals surface area (Å²) in [4.78, 5) is 11.2. The molecule has 0 amide bonds. The molecule has 0 saturated carbocycles. The van der Waals surface area contributed by atoms with Crippen LogP contribution in [-0.4, -0.2) is 37.3 Å². The second kappa shape index (κ2) is 8.96. The van der Waals surface area contributed by atoms with Gasteiger partial charge in [0, 0.05) is 25.4 Å². The van der Waals surface area contributed by atoms with Crippen LogP contribution in [0.5, 0.6) is 11.5 Å². The molecule has 0 aliphatic rings. The molecule has 1 aromatic carbocycles. The van der Waals surface area contributed by atoms with Crippen molar-refractivity contribution in [3.8, 4) is 11.5 Å². The molecule has 0 spiro atoms. The zero-order valence-electron chi connectivity index (χ0n) is 14.9. The van der Waals surface area contributed by atoms with Crippen LogP contribution in [0.1, 0.15) is 26.7 Å². The molecule has 2 rings (SSSR count). The van der Waals surface area contributed by atoms with Crippen molar-refractivity contribution >= 4 is 17.5 Å². The van der Waals surface area contributed by atoms with Gasteiger partial charge in [0.25, 0.3) is 0 Å². The van der Waals surface area contributed by atoms with Crippen molar-refractivity contribution in [1.82, 2.24) is 9.97 Å². The fourth-order valence-electron chi connectivity index (χ4n) is 2.50. The summed E-state index contributed by atoms with van der Waals surface area (Å²) >= 11 is 0. The first-order valence-electron chi connectivity index (χ1n) is 8.28. The maximum absolute atomic E-state index is 5.39. The van der Waals surface area contributed by atoms with Gasteiger partial charge in [0.1, 0.15) is 17.3 Å². The maximum atomic E-state index is 5.39. The zero-order chi connectivity index (χ0) is 17.4. The summed E-state index contributed by atoms with van der Waals surface area (Å²) < 4.78 is 10.7. The number of rotatable bonds is 9. The number of nitrogens with one attached hydrogen (secondary N) is 1. The Morgan fingerprint density at radius 3 is 2.42 bits per heavy atom. The smallest absolute Gasteiger partial charge is 0.229 e. The van der Waals surface area contributed by atoms with Crippen molar-refractivity contribution < 1.29 is 9.47 Å². The van der Waals surface area contributed by atoms with E-state index in [0.29, 0.717) is 11.7 Å². The Morgan fingerprint density at radius 2 is 1.79 bits per heavy atom. The maximum Gasteiger partial charge on any atom is 0.229 e. The van der Waals surface area contributed by atoms with Gasteiger partial charge in [-0.25, -0.2) is 4.98 Å². The Hall–Kier alpha value is -2.50. The summed E-state index contributed by atoms with van der Waals surface area (Å²) in [5, 5.41) is 3.22. The molecule has 24 heavy (non-hydrogen) atoms. The molecule has 130 valence electrons. The van der Waals surface area contributed by atoms with Gasteiger partial charge in [-0.2, -0.15) is 4.98 Å². The molecule has 2 aromatic rings. The molecule has 1 heterocycles. The van der Waals surface area contributed by atoms with Crippen LogP contribution < -0.4 is 19.7 Å². The van der Waals surface area contributed by atoms with E-state index < -0.39 is 0 Å². The third kappa shape index (κ3) is 4.50. The summed E-state index contributed by atoms with van der Waals surface area (Å²) in [6.45, 7) is 6.30. The van der Waals surface area contributed by atoms with E-state index >= 15 is 0 Å². The van der Waals surface area contributed by atoms with E-state index in [1.807, 2.05) is 24.3 Å². The third-order valence-corrected chi connectivity index (χ3v) is 3.61. The highest BCUT2D eigenvalue weighted by Gasteiger charge is 2.10. The number of anilines is 3. The molecular weight excluding hydrogens is 304 g/mol. The van der Waals surface area contributed by atoms with Crippen LogP contribution in [0.15, 0.2) is 30.5 Å². The van der Waals surface area contributed by atoms with Crippen LogP contribution in [0.2, 0.25) is 0 Å². The van der Waals surface area contributed by atoms with Crippen molar-refractivity contribution in [2.24, 2.45) is 0 Å². The first kappa shape index (κ1) is 17.8. The topological polar surface area (TPSA) is 59.5 Å². The van der Waals surface area contributed by atoms with Crippen LogP contribution in [0, 0.1) is 0 Å². The van der Waals surface area contributed by atoms with E-state index in [0.717, 1.165) is 43.2 Å². The molecule has 0 atom stereocenters. The zero-order valence-corrected chi connectivity index (χ0v) is 14.9. The van der Waals surface area contributed by atoms with E-state index in [1.165, 1.54) is 0 Å². The molecule has 0 unspecified atom stereocenters. The van der Waals surface area contributed by atoms with Gasteiger partial charge in [-0.3, -0.25) is 0 Å². The molecule has 0 bridgehead atoms. The highest BCUT2D eigenvalue weighted by Crippen LogP contribution is 2.30. The average molecular weight is 330 g/mol. The quantitative estimate of drug-likeness (QED) is 0.753. The predicted octanol–water partition coefficient (Wildman–Crippen LogP) is 3.86. The van der Waals surface area contributed by atoms with E-state index in [9.17, 15) is 0 Å². The lowest BCUT2D eigenvalue weighted by Gasteiger charge is -2.22. The molecular formula is C18H26N4O2. The lowest BCUT2D eigenvalue weighted by atomic mass is 10.2. The summed E-state index contributed by atoms with van der Waals surface area (Å²) in [6, 6.07) is 7.51. The first-order chi connectivity index (χ1) is 11.7. The van der Waals surface area contributed by atoms with Gasteiger partial charge in [0.05, 0.1) is 19.9 Å². The second-order valence-corrected chi connectivity index (χ2v) is 5.42. The lowest BCUT2D eigenvalue weighted by molar-refractivity contribution is 0.405. The van der Waals surface area contributed by atoms with Crippen LogP contribution in [0.25, 0.3) is 0 Å². The molecule has 6 nitrogen and oxygen atoms in total. The fraction of sp³-hybridized carbons (Fsp3) is 0.444. The SMILES string of the molecule is CCCN(CCC)c1ccnc(Nc2cc(OC)ccc2OC)n1. The number of ether oxygens (including phenoxy) is 2. The average Bonchev–Trinajstić information content (AvgIpc) is 2.61. The Labute approximate surface area is 143 Å². The summed E-state index contributed by atoms with van der Waals surface area (Å²) in [6.07, 6.45) is 3.93. The molecule has 6 heteroatoms. The first-order valence-corrected chi connectivity index (χ1v) is 8.28. The highest BCUT2D eigenvalue weighted by atomic mass is 16.5. The monoisotopic (exact) mass is 330 g/mol. The summed E-state index contributed by atoms with van der Waals surface area (Å²) in [5.74, 6) is 2.92. The number of aromatic nitrogens is 2. The fourth-order valence-corrected chi connectivity index (χ4v) is 2.50. The summed E-state index contributed by atoms with van der Waals surface area (Å²) in [5.41, 5.74) is 0.770. The van der Waals surface area contributed by atoms with E-state index in [1.54, 1.807) is 20.4 Å². The van der Waals surface area contributed by atoms with Gasteiger partial charge >= 0.3 is 0 Å². The number of benzene rings is 1. The van der Waals surface area contributed by atoms with Crippen LogP contribution >= 0.6 is 0 Å². The van der Waals surface area contributed by atoms with Gasteiger partial charge in [-0.1, -0.05) is 13.8 Å². The standard InChI is InChI=1S/C18H26N4O2/c1-5-11-22(12-6-2)17-9-10-19-18(21-17)20-15-13-14(23-3)7-8-16(15)24-4/h7-10,13H,5-6,11-12H2,1-4H3,(H,19,20,21). The predicted molar refractivity (Wildman–Crippen MR) is 97.7 cm³/mol. The number of methoxy groups -OCH3 is 2. The number of nitrogens with zero attached hydrogens (tertiary/aromatic N) is 3. The van der Waals surface area contributed by atoms with Crippen molar-refractivity contribution in [2.75, 3.05) is 37.5 Å². The van der Waals surface area contributed by atoms with Crippen LogP contribution in [0.3, 0.4) is 0 Å². The second-order valence-electron chi connectivity index (χ2n) is 5.42.